The SMILES string of the molecule is C[C@H]1CN(c2ccc3oc(-c4cnc(N)c5cnc(NC(=O)C6CC6)cc45)nc3c2)CCO1. The highest BCUT2D eigenvalue weighted by atomic mass is 16.5. The Morgan fingerprint density at radius 1 is 1.18 bits per heavy atom. The highest BCUT2D eigenvalue weighted by molar-refractivity contribution is 6.03. The van der Waals surface area contributed by atoms with E-state index >= 15 is 0 Å². The molecule has 4 aromatic rings. The van der Waals surface area contributed by atoms with E-state index in [0.29, 0.717) is 40.7 Å². The minimum atomic E-state index is -0.00255. The normalized spacial score (nSPS) is 18.7. The van der Waals surface area contributed by atoms with Crippen LogP contribution in [0, 0.1) is 5.92 Å². The van der Waals surface area contributed by atoms with Crippen LogP contribution >= 0.6 is 0 Å². The van der Waals surface area contributed by atoms with Gasteiger partial charge in [0.2, 0.25) is 11.8 Å². The number of hydrogen-bond donors (Lipinski definition) is 2. The number of anilines is 3. The van der Waals surface area contributed by atoms with Crippen LogP contribution in [0.15, 0.2) is 41.1 Å². The first-order chi connectivity index (χ1) is 16.0. The Morgan fingerprint density at radius 2 is 2.06 bits per heavy atom. The second-order valence-electron chi connectivity index (χ2n) is 8.73. The summed E-state index contributed by atoms with van der Waals surface area (Å²) in [6.45, 7) is 4.47. The molecule has 1 aromatic carbocycles. The molecule has 0 unspecified atom stereocenters. The summed E-state index contributed by atoms with van der Waals surface area (Å²) in [5.41, 5.74) is 9.34. The Labute approximate surface area is 190 Å². The Hall–Kier alpha value is -3.72. The van der Waals surface area contributed by atoms with E-state index in [1.807, 2.05) is 18.2 Å². The van der Waals surface area contributed by atoms with Crippen molar-refractivity contribution in [3.05, 3.63) is 36.7 Å². The maximum Gasteiger partial charge on any atom is 0.229 e. The van der Waals surface area contributed by atoms with Gasteiger partial charge in [0.25, 0.3) is 0 Å². The molecular weight excluding hydrogens is 420 g/mol. The van der Waals surface area contributed by atoms with E-state index < -0.39 is 0 Å². The molecule has 2 aliphatic rings. The number of nitrogens with zero attached hydrogens (tertiary/aromatic N) is 4. The fraction of sp³-hybridized carbons (Fsp3) is 0.333. The fourth-order valence-electron chi connectivity index (χ4n) is 4.25. The van der Waals surface area contributed by atoms with Gasteiger partial charge in [-0.2, -0.15) is 0 Å². The molecule has 9 heteroatoms. The summed E-state index contributed by atoms with van der Waals surface area (Å²) in [5, 5.41) is 4.35. The van der Waals surface area contributed by atoms with Crippen LogP contribution in [0.2, 0.25) is 0 Å². The van der Waals surface area contributed by atoms with Gasteiger partial charge in [-0.1, -0.05) is 0 Å². The molecule has 168 valence electrons. The summed E-state index contributed by atoms with van der Waals surface area (Å²) < 4.78 is 11.7. The summed E-state index contributed by atoms with van der Waals surface area (Å²) in [6.07, 6.45) is 5.33. The highest BCUT2D eigenvalue weighted by Crippen LogP contribution is 2.35. The third kappa shape index (κ3) is 3.74. The van der Waals surface area contributed by atoms with Crippen molar-refractivity contribution < 1.29 is 13.9 Å². The quantitative estimate of drug-likeness (QED) is 0.490. The molecule has 1 aliphatic heterocycles. The zero-order chi connectivity index (χ0) is 22.5. The third-order valence-corrected chi connectivity index (χ3v) is 6.21. The van der Waals surface area contributed by atoms with E-state index in [2.05, 4.69) is 27.1 Å². The van der Waals surface area contributed by atoms with Crippen molar-refractivity contribution in [1.82, 2.24) is 15.0 Å². The van der Waals surface area contributed by atoms with E-state index in [1.54, 1.807) is 18.5 Å². The molecule has 1 atom stereocenters. The number of carbonyl (C=O) groups excluding carboxylic acids is 1. The van der Waals surface area contributed by atoms with Gasteiger partial charge in [-0.05, 0) is 44.0 Å². The summed E-state index contributed by atoms with van der Waals surface area (Å²) in [6, 6.07) is 7.83. The van der Waals surface area contributed by atoms with Crippen LogP contribution in [0.4, 0.5) is 17.3 Å². The van der Waals surface area contributed by atoms with Gasteiger partial charge < -0.3 is 25.1 Å². The number of oxazole rings is 1. The number of nitrogens with one attached hydrogen (secondary N) is 1. The van der Waals surface area contributed by atoms with Gasteiger partial charge in [0.05, 0.1) is 18.3 Å². The molecule has 0 radical (unpaired) electrons. The molecule has 2 fully saturated rings. The standard InChI is InChI=1S/C24H24N6O3/c1-13-12-30(6-7-32-13)15-4-5-20-19(8-15)28-24(33-20)18-11-27-22(25)17-10-26-21(9-16(17)18)29-23(31)14-2-3-14/h4-5,8-11,13-14H,2-3,6-7,12H2,1H3,(H2,25,27)(H,26,29,31)/t13-/m0/s1. The monoisotopic (exact) mass is 444 g/mol. The Kier molecular flexibility index (Phi) is 4.65. The first kappa shape index (κ1) is 19.9. The third-order valence-electron chi connectivity index (χ3n) is 6.21. The molecule has 3 aromatic heterocycles. The molecule has 1 saturated heterocycles. The van der Waals surface area contributed by atoms with E-state index in [1.165, 1.54) is 0 Å². The van der Waals surface area contributed by atoms with Crippen molar-refractivity contribution in [2.45, 2.75) is 25.9 Å². The second kappa shape index (κ2) is 7.70. The molecule has 6 rings (SSSR count). The van der Waals surface area contributed by atoms with Crippen molar-refractivity contribution in [1.29, 1.82) is 0 Å². The molecule has 33 heavy (non-hydrogen) atoms. The fourth-order valence-corrected chi connectivity index (χ4v) is 4.25. The van der Waals surface area contributed by atoms with Crippen molar-refractivity contribution in [2.24, 2.45) is 5.92 Å². The van der Waals surface area contributed by atoms with E-state index in [-0.39, 0.29) is 17.9 Å². The number of amides is 1. The molecule has 1 aliphatic carbocycles. The van der Waals surface area contributed by atoms with Gasteiger partial charge >= 0.3 is 0 Å². The van der Waals surface area contributed by atoms with Gasteiger partial charge in [0, 0.05) is 47.9 Å². The maximum absolute atomic E-state index is 12.2. The molecule has 1 saturated carbocycles. The average Bonchev–Trinajstić information content (AvgIpc) is 3.58. The Bertz CT molecular complexity index is 1380. The number of ether oxygens (including phenoxy) is 1. The van der Waals surface area contributed by atoms with Crippen LogP contribution in [-0.4, -0.2) is 46.7 Å². The van der Waals surface area contributed by atoms with Gasteiger partial charge in [0.15, 0.2) is 5.58 Å². The smallest absolute Gasteiger partial charge is 0.229 e. The summed E-state index contributed by atoms with van der Waals surface area (Å²) in [5.74, 6) is 1.37. The maximum atomic E-state index is 12.2. The number of nitrogens with two attached hydrogens (primary N) is 1. The van der Waals surface area contributed by atoms with Gasteiger partial charge in [0.1, 0.15) is 17.2 Å². The lowest BCUT2D eigenvalue weighted by Gasteiger charge is -2.32. The molecule has 1 amide bonds. The van der Waals surface area contributed by atoms with E-state index in [9.17, 15) is 4.79 Å². The van der Waals surface area contributed by atoms with Crippen molar-refractivity contribution >= 4 is 45.1 Å². The number of rotatable bonds is 4. The average molecular weight is 444 g/mol. The molecule has 0 spiro atoms. The first-order valence-corrected chi connectivity index (χ1v) is 11.2. The van der Waals surface area contributed by atoms with Crippen LogP contribution in [0.5, 0.6) is 0 Å². The van der Waals surface area contributed by atoms with Crippen LogP contribution in [0.3, 0.4) is 0 Å². The van der Waals surface area contributed by atoms with Gasteiger partial charge in [-0.15, -0.1) is 0 Å². The molecule has 4 heterocycles. The second-order valence-corrected chi connectivity index (χ2v) is 8.73. The minimum absolute atomic E-state index is 0.00255. The molecule has 0 bridgehead atoms. The summed E-state index contributed by atoms with van der Waals surface area (Å²) in [7, 11) is 0. The predicted molar refractivity (Wildman–Crippen MR) is 126 cm³/mol. The lowest BCUT2D eigenvalue weighted by Crippen LogP contribution is -2.41. The number of nitrogen functional groups attached to an aromatic ring is 1. The molecular formula is C24H24N6O3. The predicted octanol–water partition coefficient (Wildman–Crippen LogP) is 3.59. The largest absolute Gasteiger partial charge is 0.436 e. The minimum Gasteiger partial charge on any atom is -0.436 e. The van der Waals surface area contributed by atoms with Crippen molar-refractivity contribution in [3.63, 3.8) is 0 Å². The number of fused-ring (bicyclic) bond motifs is 2. The number of morpholine rings is 1. The zero-order valence-corrected chi connectivity index (χ0v) is 18.2. The van der Waals surface area contributed by atoms with Crippen LogP contribution < -0.4 is 16.0 Å². The number of pyridine rings is 2. The number of hydrogen-bond acceptors (Lipinski definition) is 8. The molecule has 9 nitrogen and oxygen atoms in total. The van der Waals surface area contributed by atoms with Crippen molar-refractivity contribution in [3.8, 4) is 11.5 Å². The number of aromatic nitrogens is 3. The van der Waals surface area contributed by atoms with Gasteiger partial charge in [-0.3, -0.25) is 4.79 Å². The summed E-state index contributed by atoms with van der Waals surface area (Å²) in [4.78, 5) is 27.9. The van der Waals surface area contributed by atoms with Crippen molar-refractivity contribution in [2.75, 3.05) is 35.6 Å². The van der Waals surface area contributed by atoms with Crippen LogP contribution in [0.1, 0.15) is 19.8 Å². The summed E-state index contributed by atoms with van der Waals surface area (Å²) >= 11 is 0. The van der Waals surface area contributed by atoms with Crippen LogP contribution in [0.25, 0.3) is 33.3 Å². The topological polar surface area (TPSA) is 119 Å². The van der Waals surface area contributed by atoms with E-state index in [0.717, 1.165) is 42.5 Å². The number of carbonyl (C=O) groups is 1. The van der Waals surface area contributed by atoms with E-state index in [4.69, 9.17) is 19.9 Å². The highest BCUT2D eigenvalue weighted by Gasteiger charge is 2.30. The number of benzene rings is 1. The lowest BCUT2D eigenvalue weighted by atomic mass is 10.1. The Morgan fingerprint density at radius 3 is 2.88 bits per heavy atom. The zero-order valence-electron chi connectivity index (χ0n) is 18.2. The molecule has 3 N–H and O–H groups in total. The lowest BCUT2D eigenvalue weighted by molar-refractivity contribution is -0.117. The first-order valence-electron chi connectivity index (χ1n) is 11.2. The Balaban J connectivity index is 1.39. The van der Waals surface area contributed by atoms with Gasteiger partial charge in [-0.25, -0.2) is 15.0 Å². The van der Waals surface area contributed by atoms with Crippen LogP contribution in [-0.2, 0) is 9.53 Å².